The Balaban J connectivity index is 2.55. The van der Waals surface area contributed by atoms with Crippen LogP contribution in [0.5, 0.6) is 0 Å². The molecule has 20 heavy (non-hydrogen) atoms. The summed E-state index contributed by atoms with van der Waals surface area (Å²) in [5, 5.41) is 15.2. The second-order valence-electron chi connectivity index (χ2n) is 4.93. The summed E-state index contributed by atoms with van der Waals surface area (Å²) in [5.41, 5.74) is 2.70. The summed E-state index contributed by atoms with van der Waals surface area (Å²) in [6.45, 7) is 6.18. The lowest BCUT2D eigenvalue weighted by Gasteiger charge is -2.18. The summed E-state index contributed by atoms with van der Waals surface area (Å²) in [6.07, 6.45) is 2.02. The summed E-state index contributed by atoms with van der Waals surface area (Å²) >= 11 is 0. The Morgan fingerprint density at radius 1 is 1.30 bits per heavy atom. The van der Waals surface area contributed by atoms with Crippen molar-refractivity contribution in [1.82, 2.24) is 4.98 Å². The third-order valence-electron chi connectivity index (χ3n) is 3.48. The van der Waals surface area contributed by atoms with Crippen molar-refractivity contribution in [2.75, 3.05) is 5.32 Å². The fourth-order valence-corrected chi connectivity index (χ4v) is 2.29. The minimum absolute atomic E-state index is 0.0933. The minimum Gasteiger partial charge on any atom is -0.382 e. The molecule has 0 aliphatic rings. The number of anilines is 1. The van der Waals surface area contributed by atoms with Gasteiger partial charge >= 0.3 is 0 Å². The van der Waals surface area contributed by atoms with Gasteiger partial charge in [0, 0.05) is 34.9 Å². The Kier molecular flexibility index (Phi) is 4.17. The maximum Gasteiger partial charge on any atom is 0.270 e. The van der Waals surface area contributed by atoms with Crippen LogP contribution in [-0.2, 0) is 0 Å². The highest BCUT2D eigenvalue weighted by atomic mass is 16.6. The zero-order valence-electron chi connectivity index (χ0n) is 12.0. The number of hydrogen-bond donors (Lipinski definition) is 1. The van der Waals surface area contributed by atoms with Crippen molar-refractivity contribution >= 4 is 22.3 Å². The first-order valence-electron chi connectivity index (χ1n) is 6.87. The highest BCUT2D eigenvalue weighted by Gasteiger charge is 2.12. The molecule has 1 aromatic carbocycles. The van der Waals surface area contributed by atoms with Crippen molar-refractivity contribution < 1.29 is 4.92 Å². The zero-order chi connectivity index (χ0) is 14.7. The first-order valence-corrected chi connectivity index (χ1v) is 6.87. The van der Waals surface area contributed by atoms with E-state index in [4.69, 9.17) is 0 Å². The van der Waals surface area contributed by atoms with Gasteiger partial charge in [-0.15, -0.1) is 0 Å². The molecule has 0 radical (unpaired) electrons. The van der Waals surface area contributed by atoms with Gasteiger partial charge in [0.05, 0.1) is 10.4 Å². The standard InChI is InChI=1S/C15H19N3O2/c1-4-11(5-2)17-15-8-10(3)16-14-7-6-12(18(19)20)9-13(14)15/h6-9,11H,4-5H2,1-3H3,(H,16,17). The summed E-state index contributed by atoms with van der Waals surface area (Å²) in [5.74, 6) is 0. The second-order valence-corrected chi connectivity index (χ2v) is 4.93. The van der Waals surface area contributed by atoms with Gasteiger partial charge in [0.25, 0.3) is 5.69 Å². The minimum atomic E-state index is -0.375. The number of aromatic nitrogens is 1. The molecule has 1 heterocycles. The Morgan fingerprint density at radius 3 is 2.60 bits per heavy atom. The van der Waals surface area contributed by atoms with Crippen LogP contribution >= 0.6 is 0 Å². The summed E-state index contributed by atoms with van der Waals surface area (Å²) in [6, 6.07) is 7.10. The van der Waals surface area contributed by atoms with E-state index in [1.165, 1.54) is 6.07 Å². The lowest BCUT2D eigenvalue weighted by Crippen LogP contribution is -2.17. The Hall–Kier alpha value is -2.17. The quantitative estimate of drug-likeness (QED) is 0.659. The molecule has 0 saturated heterocycles. The molecule has 0 bridgehead atoms. The molecule has 0 aliphatic heterocycles. The molecule has 0 fully saturated rings. The molecule has 0 atom stereocenters. The van der Waals surface area contributed by atoms with Gasteiger partial charge in [-0.1, -0.05) is 13.8 Å². The summed E-state index contributed by atoms with van der Waals surface area (Å²) in [4.78, 5) is 15.0. The topological polar surface area (TPSA) is 68.1 Å². The van der Waals surface area contributed by atoms with E-state index >= 15 is 0 Å². The highest BCUT2D eigenvalue weighted by Crippen LogP contribution is 2.28. The van der Waals surface area contributed by atoms with Crippen molar-refractivity contribution in [2.24, 2.45) is 0 Å². The van der Waals surface area contributed by atoms with E-state index in [0.29, 0.717) is 6.04 Å². The molecule has 1 N–H and O–H groups in total. The molecule has 2 rings (SSSR count). The molecular formula is C15H19N3O2. The molecule has 0 unspecified atom stereocenters. The average Bonchev–Trinajstić information content (AvgIpc) is 2.43. The van der Waals surface area contributed by atoms with Gasteiger partial charge < -0.3 is 5.32 Å². The molecule has 0 aliphatic carbocycles. The fourth-order valence-electron chi connectivity index (χ4n) is 2.29. The van der Waals surface area contributed by atoms with Crippen molar-refractivity contribution in [2.45, 2.75) is 39.7 Å². The number of fused-ring (bicyclic) bond motifs is 1. The maximum atomic E-state index is 10.9. The summed E-state index contributed by atoms with van der Waals surface area (Å²) in [7, 11) is 0. The second kappa shape index (κ2) is 5.86. The predicted octanol–water partition coefficient (Wildman–Crippen LogP) is 4.05. The average molecular weight is 273 g/mol. The smallest absolute Gasteiger partial charge is 0.270 e. The van der Waals surface area contributed by atoms with E-state index in [1.807, 2.05) is 13.0 Å². The van der Waals surface area contributed by atoms with Gasteiger partial charge in [-0.3, -0.25) is 15.1 Å². The predicted molar refractivity (Wildman–Crippen MR) is 81.1 cm³/mol. The number of hydrogen-bond acceptors (Lipinski definition) is 4. The number of pyridine rings is 1. The van der Waals surface area contributed by atoms with Gasteiger partial charge in [-0.2, -0.15) is 0 Å². The van der Waals surface area contributed by atoms with Crippen LogP contribution in [0.2, 0.25) is 0 Å². The van der Waals surface area contributed by atoms with Crippen molar-refractivity contribution in [1.29, 1.82) is 0 Å². The van der Waals surface area contributed by atoms with Gasteiger partial charge in [-0.05, 0) is 31.9 Å². The Labute approximate surface area is 118 Å². The number of rotatable bonds is 5. The Bertz CT molecular complexity index is 636. The fraction of sp³-hybridized carbons (Fsp3) is 0.400. The number of nitro groups is 1. The molecule has 0 spiro atoms. The van der Waals surface area contributed by atoms with Crippen LogP contribution in [0.1, 0.15) is 32.4 Å². The highest BCUT2D eigenvalue weighted by molar-refractivity contribution is 5.93. The zero-order valence-corrected chi connectivity index (χ0v) is 12.0. The van der Waals surface area contributed by atoms with Crippen LogP contribution in [0.25, 0.3) is 10.9 Å². The van der Waals surface area contributed by atoms with Gasteiger partial charge in [0.2, 0.25) is 0 Å². The number of nitrogens with zero attached hydrogens (tertiary/aromatic N) is 2. The molecule has 5 heteroatoms. The van der Waals surface area contributed by atoms with Gasteiger partial charge in [0.15, 0.2) is 0 Å². The van der Waals surface area contributed by atoms with E-state index in [0.717, 1.165) is 35.1 Å². The lowest BCUT2D eigenvalue weighted by molar-refractivity contribution is -0.384. The number of nitrogens with one attached hydrogen (secondary N) is 1. The number of benzene rings is 1. The van der Waals surface area contributed by atoms with Crippen LogP contribution in [0, 0.1) is 17.0 Å². The Morgan fingerprint density at radius 2 is 2.00 bits per heavy atom. The van der Waals surface area contributed by atoms with E-state index in [9.17, 15) is 10.1 Å². The molecule has 0 amide bonds. The van der Waals surface area contributed by atoms with Crippen molar-refractivity contribution in [3.8, 4) is 0 Å². The number of aryl methyl sites for hydroxylation is 1. The molecule has 0 saturated carbocycles. The van der Waals surface area contributed by atoms with Crippen molar-refractivity contribution in [3.63, 3.8) is 0 Å². The maximum absolute atomic E-state index is 10.9. The first-order chi connectivity index (χ1) is 9.55. The lowest BCUT2D eigenvalue weighted by atomic mass is 10.1. The monoisotopic (exact) mass is 273 g/mol. The number of nitro benzene ring substituents is 1. The normalized spacial score (nSPS) is 11.0. The van der Waals surface area contributed by atoms with Crippen LogP contribution in [0.3, 0.4) is 0 Å². The summed E-state index contributed by atoms with van der Waals surface area (Å²) < 4.78 is 0. The molecular weight excluding hydrogens is 254 g/mol. The molecule has 1 aromatic heterocycles. The van der Waals surface area contributed by atoms with Crippen LogP contribution in [-0.4, -0.2) is 15.9 Å². The van der Waals surface area contributed by atoms with E-state index < -0.39 is 0 Å². The van der Waals surface area contributed by atoms with Crippen LogP contribution in [0.15, 0.2) is 24.3 Å². The molecule has 2 aromatic rings. The van der Waals surface area contributed by atoms with E-state index in [1.54, 1.807) is 12.1 Å². The largest absolute Gasteiger partial charge is 0.382 e. The van der Waals surface area contributed by atoms with E-state index in [2.05, 4.69) is 24.1 Å². The number of non-ortho nitro benzene ring substituents is 1. The third-order valence-corrected chi connectivity index (χ3v) is 3.48. The third kappa shape index (κ3) is 2.87. The molecule has 5 nitrogen and oxygen atoms in total. The van der Waals surface area contributed by atoms with Gasteiger partial charge in [0.1, 0.15) is 0 Å². The molecule has 106 valence electrons. The van der Waals surface area contributed by atoms with Gasteiger partial charge in [-0.25, -0.2) is 0 Å². The van der Waals surface area contributed by atoms with Crippen molar-refractivity contribution in [3.05, 3.63) is 40.1 Å². The SMILES string of the molecule is CCC(CC)Nc1cc(C)nc2ccc([N+](=O)[O-])cc12. The first kappa shape index (κ1) is 14.2. The van der Waals surface area contributed by atoms with E-state index in [-0.39, 0.29) is 10.6 Å². The van der Waals surface area contributed by atoms with Crippen LogP contribution in [0.4, 0.5) is 11.4 Å². The van der Waals surface area contributed by atoms with Crippen LogP contribution < -0.4 is 5.32 Å².